The lowest BCUT2D eigenvalue weighted by Gasteiger charge is -2.24. The van der Waals surface area contributed by atoms with Crippen LogP contribution in [-0.2, 0) is 4.79 Å². The molecule has 1 aromatic rings. The van der Waals surface area contributed by atoms with Gasteiger partial charge in [-0.25, -0.2) is 0 Å². The quantitative estimate of drug-likeness (QED) is 0.860. The summed E-state index contributed by atoms with van der Waals surface area (Å²) >= 11 is 5.77. The Morgan fingerprint density at radius 2 is 1.94 bits per heavy atom. The highest BCUT2D eigenvalue weighted by atomic mass is 35.5. The number of benzene rings is 1. The van der Waals surface area contributed by atoms with Gasteiger partial charge in [0.2, 0.25) is 5.91 Å². The third-order valence-electron chi connectivity index (χ3n) is 2.70. The van der Waals surface area contributed by atoms with Crippen LogP contribution in [0.1, 0.15) is 13.8 Å². The molecular weight excluding hydrogens is 252 g/mol. The first-order valence-corrected chi connectivity index (χ1v) is 6.22. The Hall–Kier alpha value is -1.10. The lowest BCUT2D eigenvalue weighted by atomic mass is 10.2. The lowest BCUT2D eigenvalue weighted by Crippen LogP contribution is -2.42. The molecule has 0 fully saturated rings. The molecule has 0 saturated heterocycles. The number of amides is 1. The van der Waals surface area contributed by atoms with Crippen LogP contribution >= 0.6 is 11.6 Å². The zero-order chi connectivity index (χ0) is 13.7. The molecule has 0 heterocycles. The van der Waals surface area contributed by atoms with Gasteiger partial charge in [0, 0.05) is 17.3 Å². The van der Waals surface area contributed by atoms with Gasteiger partial charge in [0.15, 0.2) is 0 Å². The number of aliphatic hydroxyl groups is 1. The Labute approximate surface area is 113 Å². The topological polar surface area (TPSA) is 52.6 Å². The van der Waals surface area contributed by atoms with Crippen molar-refractivity contribution in [1.29, 1.82) is 0 Å². The highest BCUT2D eigenvalue weighted by Gasteiger charge is 2.18. The highest BCUT2D eigenvalue weighted by Crippen LogP contribution is 2.14. The van der Waals surface area contributed by atoms with Gasteiger partial charge in [-0.2, -0.15) is 0 Å². The molecule has 0 spiro atoms. The fraction of sp³-hybridized carbons (Fsp3) is 0.462. The third kappa shape index (κ3) is 4.64. The molecule has 0 saturated carbocycles. The van der Waals surface area contributed by atoms with E-state index < -0.39 is 6.10 Å². The van der Waals surface area contributed by atoms with Gasteiger partial charge >= 0.3 is 0 Å². The maximum atomic E-state index is 12.0. The first kappa shape index (κ1) is 15.0. The molecule has 0 unspecified atom stereocenters. The van der Waals surface area contributed by atoms with Crippen LogP contribution in [0.3, 0.4) is 0 Å². The number of aliphatic hydroxyl groups excluding tert-OH is 1. The highest BCUT2D eigenvalue weighted by molar-refractivity contribution is 6.30. The summed E-state index contributed by atoms with van der Waals surface area (Å²) in [5, 5.41) is 12.7. The monoisotopic (exact) mass is 270 g/mol. The minimum absolute atomic E-state index is 0.111. The van der Waals surface area contributed by atoms with Gasteiger partial charge in [-0.1, -0.05) is 11.6 Å². The lowest BCUT2D eigenvalue weighted by molar-refractivity contribution is -0.120. The summed E-state index contributed by atoms with van der Waals surface area (Å²) in [5.74, 6) is -0.111. The van der Waals surface area contributed by atoms with Crippen LogP contribution in [0.25, 0.3) is 0 Å². The van der Waals surface area contributed by atoms with Gasteiger partial charge in [-0.3, -0.25) is 9.69 Å². The average Bonchev–Trinajstić information content (AvgIpc) is 2.30. The van der Waals surface area contributed by atoms with Crippen molar-refractivity contribution >= 4 is 23.2 Å². The summed E-state index contributed by atoms with van der Waals surface area (Å²) < 4.78 is 0. The maximum absolute atomic E-state index is 12.0. The summed E-state index contributed by atoms with van der Waals surface area (Å²) in [6.07, 6.45) is -0.458. The normalized spacial score (nSPS) is 14.3. The minimum Gasteiger partial charge on any atom is -0.392 e. The fourth-order valence-electron chi connectivity index (χ4n) is 1.55. The molecule has 0 bridgehead atoms. The van der Waals surface area contributed by atoms with Crippen LogP contribution in [0.2, 0.25) is 5.02 Å². The summed E-state index contributed by atoms with van der Waals surface area (Å²) in [5.41, 5.74) is 0.710. The van der Waals surface area contributed by atoms with E-state index in [1.807, 2.05) is 0 Å². The number of carbonyl (C=O) groups is 1. The smallest absolute Gasteiger partial charge is 0.241 e. The standard InChI is InChI=1S/C13H19ClN2O2/c1-9(17)8-16(3)10(2)13(18)15-12-6-4-11(14)5-7-12/h4-7,9-10,17H,8H2,1-3H3,(H,15,18)/t9-,10-/m0/s1. The van der Waals surface area contributed by atoms with Gasteiger partial charge in [-0.05, 0) is 45.2 Å². The van der Waals surface area contributed by atoms with Crippen LogP contribution in [0.15, 0.2) is 24.3 Å². The van der Waals surface area contributed by atoms with Crippen LogP contribution in [0.4, 0.5) is 5.69 Å². The van der Waals surface area contributed by atoms with Crippen molar-refractivity contribution < 1.29 is 9.90 Å². The van der Waals surface area contributed by atoms with Crippen molar-refractivity contribution in [3.05, 3.63) is 29.3 Å². The summed E-state index contributed by atoms with van der Waals surface area (Å²) in [7, 11) is 1.80. The third-order valence-corrected chi connectivity index (χ3v) is 2.96. The van der Waals surface area contributed by atoms with Crippen LogP contribution in [0, 0.1) is 0 Å². The molecule has 0 aliphatic heterocycles. The van der Waals surface area contributed by atoms with E-state index in [9.17, 15) is 9.90 Å². The number of likely N-dealkylation sites (N-methyl/N-ethyl adjacent to an activating group) is 1. The SMILES string of the molecule is C[C@H](O)CN(C)[C@@H](C)C(=O)Nc1ccc(Cl)cc1. The Balaban J connectivity index is 2.56. The Morgan fingerprint density at radius 3 is 2.44 bits per heavy atom. The maximum Gasteiger partial charge on any atom is 0.241 e. The zero-order valence-corrected chi connectivity index (χ0v) is 11.6. The van der Waals surface area contributed by atoms with Gasteiger partial charge in [0.25, 0.3) is 0 Å². The second kappa shape index (κ2) is 6.73. The number of carbonyl (C=O) groups excluding carboxylic acids is 1. The molecule has 18 heavy (non-hydrogen) atoms. The number of anilines is 1. The molecule has 100 valence electrons. The van der Waals surface area contributed by atoms with Gasteiger partial charge in [0.1, 0.15) is 0 Å². The van der Waals surface area contributed by atoms with Crippen molar-refractivity contribution in [3.8, 4) is 0 Å². The van der Waals surface area contributed by atoms with E-state index in [0.29, 0.717) is 17.3 Å². The van der Waals surface area contributed by atoms with Gasteiger partial charge in [0.05, 0.1) is 12.1 Å². The molecule has 0 radical (unpaired) electrons. The average molecular weight is 271 g/mol. The minimum atomic E-state index is -0.458. The summed E-state index contributed by atoms with van der Waals surface area (Å²) in [4.78, 5) is 13.8. The van der Waals surface area contributed by atoms with Crippen molar-refractivity contribution in [2.75, 3.05) is 18.9 Å². The summed E-state index contributed by atoms with van der Waals surface area (Å²) in [6, 6.07) is 6.64. The van der Waals surface area contributed by atoms with E-state index in [2.05, 4.69) is 5.32 Å². The predicted octanol–water partition coefficient (Wildman–Crippen LogP) is 1.98. The van der Waals surface area contributed by atoms with Crippen molar-refractivity contribution in [2.24, 2.45) is 0 Å². The molecule has 0 aliphatic carbocycles. The number of rotatable bonds is 5. The van der Waals surface area contributed by atoms with Gasteiger partial charge < -0.3 is 10.4 Å². The molecule has 0 aromatic heterocycles. The number of hydrogen-bond donors (Lipinski definition) is 2. The molecule has 1 aromatic carbocycles. The molecular formula is C13H19ClN2O2. The fourth-order valence-corrected chi connectivity index (χ4v) is 1.68. The van der Waals surface area contributed by atoms with Crippen molar-refractivity contribution in [3.63, 3.8) is 0 Å². The molecule has 5 heteroatoms. The molecule has 1 amide bonds. The van der Waals surface area contributed by atoms with Gasteiger partial charge in [-0.15, -0.1) is 0 Å². The summed E-state index contributed by atoms with van der Waals surface area (Å²) in [6.45, 7) is 3.95. The molecule has 2 atom stereocenters. The first-order chi connectivity index (χ1) is 8.40. The Morgan fingerprint density at radius 1 is 1.39 bits per heavy atom. The molecule has 2 N–H and O–H groups in total. The van der Waals surface area contributed by atoms with E-state index in [4.69, 9.17) is 11.6 Å². The van der Waals surface area contributed by atoms with E-state index in [1.54, 1.807) is 50.1 Å². The molecule has 0 aliphatic rings. The second-order valence-electron chi connectivity index (χ2n) is 4.46. The first-order valence-electron chi connectivity index (χ1n) is 5.85. The van der Waals surface area contributed by atoms with E-state index >= 15 is 0 Å². The number of nitrogens with zero attached hydrogens (tertiary/aromatic N) is 1. The van der Waals surface area contributed by atoms with Crippen molar-refractivity contribution in [2.45, 2.75) is 26.0 Å². The number of hydrogen-bond acceptors (Lipinski definition) is 3. The van der Waals surface area contributed by atoms with E-state index in [0.717, 1.165) is 0 Å². The molecule has 4 nitrogen and oxygen atoms in total. The van der Waals surface area contributed by atoms with E-state index in [1.165, 1.54) is 0 Å². The van der Waals surface area contributed by atoms with Crippen LogP contribution < -0.4 is 5.32 Å². The van der Waals surface area contributed by atoms with E-state index in [-0.39, 0.29) is 11.9 Å². The predicted molar refractivity (Wildman–Crippen MR) is 73.9 cm³/mol. The Bertz CT molecular complexity index is 392. The number of nitrogens with one attached hydrogen (secondary N) is 1. The van der Waals surface area contributed by atoms with Crippen LogP contribution in [-0.4, -0.2) is 41.7 Å². The van der Waals surface area contributed by atoms with Crippen LogP contribution in [0.5, 0.6) is 0 Å². The molecule has 1 rings (SSSR count). The number of halogens is 1. The van der Waals surface area contributed by atoms with Crippen molar-refractivity contribution in [1.82, 2.24) is 4.90 Å². The second-order valence-corrected chi connectivity index (χ2v) is 4.90. The Kier molecular flexibility index (Phi) is 5.59. The zero-order valence-electron chi connectivity index (χ0n) is 10.9. The largest absolute Gasteiger partial charge is 0.392 e.